The fraction of sp³-hybridized carbons (Fsp3) is 0.750. The van der Waals surface area contributed by atoms with Crippen molar-refractivity contribution in [2.75, 3.05) is 27.3 Å². The van der Waals surface area contributed by atoms with Gasteiger partial charge in [0.25, 0.3) is 0 Å². The van der Waals surface area contributed by atoms with Gasteiger partial charge in [0.05, 0.1) is 6.61 Å². The first-order chi connectivity index (χ1) is 6.50. The Morgan fingerprint density at radius 3 is 2.57 bits per heavy atom. The van der Waals surface area contributed by atoms with Crippen molar-refractivity contribution in [3.63, 3.8) is 0 Å². The molecule has 2 N–H and O–H groups in total. The third kappa shape index (κ3) is 4.08. The van der Waals surface area contributed by atoms with E-state index in [1.165, 1.54) is 21.1 Å². The number of amides is 2. The molecular formula is C8H16N2O4. The number of urea groups is 1. The molecule has 2 amide bonds. The predicted molar refractivity (Wildman–Crippen MR) is 50.1 cm³/mol. The molecule has 6 nitrogen and oxygen atoms in total. The summed E-state index contributed by atoms with van der Waals surface area (Å²) in [5, 5.41) is 11.1. The maximum atomic E-state index is 11.3. The fourth-order valence-electron chi connectivity index (χ4n) is 0.726. The van der Waals surface area contributed by atoms with Crippen LogP contribution in [-0.4, -0.2) is 55.4 Å². The summed E-state index contributed by atoms with van der Waals surface area (Å²) in [6.45, 7) is 2.21. The van der Waals surface area contributed by atoms with Crippen LogP contribution in [0, 0.1) is 0 Å². The Morgan fingerprint density at radius 1 is 1.57 bits per heavy atom. The van der Waals surface area contributed by atoms with Crippen molar-refractivity contribution in [1.29, 1.82) is 0 Å². The molecule has 0 aromatic rings. The molecule has 0 fully saturated rings. The number of ether oxygens (including phenoxy) is 1. The molecule has 0 spiro atoms. The molecule has 0 radical (unpaired) electrons. The van der Waals surface area contributed by atoms with E-state index in [-0.39, 0.29) is 0 Å². The molecule has 0 rings (SSSR count). The molecular weight excluding hydrogens is 188 g/mol. The zero-order valence-corrected chi connectivity index (χ0v) is 8.61. The maximum absolute atomic E-state index is 11.3. The molecule has 6 heteroatoms. The summed E-state index contributed by atoms with van der Waals surface area (Å²) in [6, 6.07) is -1.26. The van der Waals surface area contributed by atoms with E-state index in [2.05, 4.69) is 5.32 Å². The number of carboxylic acids is 1. The van der Waals surface area contributed by atoms with Crippen LogP contribution >= 0.6 is 0 Å². The second kappa shape index (κ2) is 6.20. The first kappa shape index (κ1) is 12.7. The third-order valence-corrected chi connectivity index (χ3v) is 1.84. The van der Waals surface area contributed by atoms with Gasteiger partial charge in [0.1, 0.15) is 6.04 Å². The normalized spacial score (nSPS) is 11.9. The highest BCUT2D eigenvalue weighted by molar-refractivity contribution is 5.82. The quantitative estimate of drug-likeness (QED) is 0.605. The van der Waals surface area contributed by atoms with E-state index in [1.807, 2.05) is 0 Å². The minimum atomic E-state index is -1.03. The van der Waals surface area contributed by atoms with Crippen LogP contribution in [0.15, 0.2) is 0 Å². The lowest BCUT2D eigenvalue weighted by atomic mass is 10.3. The van der Waals surface area contributed by atoms with Crippen molar-refractivity contribution in [2.24, 2.45) is 0 Å². The lowest BCUT2D eigenvalue weighted by Crippen LogP contribution is -2.46. The van der Waals surface area contributed by atoms with Gasteiger partial charge in [-0.15, -0.1) is 0 Å². The molecule has 1 unspecified atom stereocenters. The zero-order chi connectivity index (χ0) is 11.1. The number of likely N-dealkylation sites (N-methyl/N-ethyl adjacent to an activating group) is 1. The van der Waals surface area contributed by atoms with Crippen LogP contribution in [0.2, 0.25) is 0 Å². The summed E-state index contributed by atoms with van der Waals surface area (Å²) in [4.78, 5) is 22.9. The molecule has 0 bridgehead atoms. The summed E-state index contributed by atoms with van der Waals surface area (Å²) < 4.78 is 4.73. The van der Waals surface area contributed by atoms with E-state index in [0.717, 1.165) is 4.90 Å². The van der Waals surface area contributed by atoms with Gasteiger partial charge in [-0.1, -0.05) is 0 Å². The Bertz CT molecular complexity index is 208. The van der Waals surface area contributed by atoms with E-state index >= 15 is 0 Å². The van der Waals surface area contributed by atoms with Gasteiger partial charge in [-0.25, -0.2) is 9.59 Å². The Kier molecular flexibility index (Phi) is 5.62. The zero-order valence-electron chi connectivity index (χ0n) is 8.61. The van der Waals surface area contributed by atoms with Gasteiger partial charge in [0, 0.05) is 20.7 Å². The monoisotopic (exact) mass is 204 g/mol. The summed E-state index contributed by atoms with van der Waals surface area (Å²) in [7, 11) is 2.96. The number of nitrogens with one attached hydrogen (secondary N) is 1. The topological polar surface area (TPSA) is 78.9 Å². The van der Waals surface area contributed by atoms with Gasteiger partial charge < -0.3 is 20.1 Å². The van der Waals surface area contributed by atoms with Gasteiger partial charge >= 0.3 is 12.0 Å². The van der Waals surface area contributed by atoms with E-state index in [9.17, 15) is 9.59 Å². The summed E-state index contributed by atoms with van der Waals surface area (Å²) >= 11 is 0. The lowest BCUT2D eigenvalue weighted by Gasteiger charge is -2.21. The molecule has 14 heavy (non-hydrogen) atoms. The highest BCUT2D eigenvalue weighted by atomic mass is 16.5. The number of hydrogen-bond donors (Lipinski definition) is 2. The highest BCUT2D eigenvalue weighted by Crippen LogP contribution is 1.95. The number of aliphatic carboxylic acids is 1. The van der Waals surface area contributed by atoms with Crippen molar-refractivity contribution >= 4 is 12.0 Å². The number of nitrogens with zero attached hydrogens (tertiary/aromatic N) is 1. The van der Waals surface area contributed by atoms with E-state index < -0.39 is 18.0 Å². The summed E-state index contributed by atoms with van der Waals surface area (Å²) in [5.41, 5.74) is 0. The number of carbonyl (C=O) groups excluding carboxylic acids is 1. The molecule has 82 valence electrons. The number of carbonyl (C=O) groups is 2. The molecule has 0 heterocycles. The molecule has 1 atom stereocenters. The first-order valence-corrected chi connectivity index (χ1v) is 4.23. The first-order valence-electron chi connectivity index (χ1n) is 4.23. The van der Waals surface area contributed by atoms with Gasteiger partial charge in [-0.3, -0.25) is 0 Å². The van der Waals surface area contributed by atoms with Crippen LogP contribution in [0.5, 0.6) is 0 Å². The summed E-state index contributed by atoms with van der Waals surface area (Å²) in [6.07, 6.45) is 0. The number of rotatable bonds is 5. The third-order valence-electron chi connectivity index (χ3n) is 1.84. The van der Waals surface area contributed by atoms with Crippen LogP contribution < -0.4 is 5.32 Å². The van der Waals surface area contributed by atoms with Gasteiger partial charge in [0.15, 0.2) is 0 Å². The highest BCUT2D eigenvalue weighted by Gasteiger charge is 2.20. The molecule has 0 saturated carbocycles. The van der Waals surface area contributed by atoms with E-state index in [4.69, 9.17) is 9.84 Å². The number of hydrogen-bond acceptors (Lipinski definition) is 3. The molecule has 0 aliphatic heterocycles. The van der Waals surface area contributed by atoms with Crippen LogP contribution in [0.4, 0.5) is 4.79 Å². The van der Waals surface area contributed by atoms with Crippen molar-refractivity contribution in [3.05, 3.63) is 0 Å². The Morgan fingerprint density at radius 2 is 2.14 bits per heavy atom. The van der Waals surface area contributed by atoms with Crippen molar-refractivity contribution in [2.45, 2.75) is 13.0 Å². The SMILES string of the molecule is COCCNC(=O)N(C)C(C)C(=O)O. The van der Waals surface area contributed by atoms with Crippen molar-refractivity contribution in [3.8, 4) is 0 Å². The second-order valence-corrected chi connectivity index (χ2v) is 2.85. The maximum Gasteiger partial charge on any atom is 0.326 e. The van der Waals surface area contributed by atoms with Crippen molar-refractivity contribution < 1.29 is 19.4 Å². The van der Waals surface area contributed by atoms with E-state index in [1.54, 1.807) is 0 Å². The summed E-state index contributed by atoms with van der Waals surface area (Å²) in [5.74, 6) is -1.03. The predicted octanol–water partition coefficient (Wildman–Crippen LogP) is -0.253. The van der Waals surface area contributed by atoms with Gasteiger partial charge in [-0.2, -0.15) is 0 Å². The smallest absolute Gasteiger partial charge is 0.326 e. The van der Waals surface area contributed by atoms with E-state index in [0.29, 0.717) is 13.2 Å². The van der Waals surface area contributed by atoms with Gasteiger partial charge in [-0.05, 0) is 6.92 Å². The molecule has 0 aromatic carbocycles. The molecule has 0 aromatic heterocycles. The van der Waals surface area contributed by atoms with Crippen LogP contribution in [-0.2, 0) is 9.53 Å². The Hall–Kier alpha value is -1.30. The second-order valence-electron chi connectivity index (χ2n) is 2.85. The average Bonchev–Trinajstić information content (AvgIpc) is 2.15. The van der Waals surface area contributed by atoms with Crippen molar-refractivity contribution in [1.82, 2.24) is 10.2 Å². The standard InChI is InChI=1S/C8H16N2O4/c1-6(7(11)12)10(2)8(13)9-4-5-14-3/h6H,4-5H2,1-3H3,(H,9,13)(H,11,12). The Balaban J connectivity index is 3.92. The largest absolute Gasteiger partial charge is 0.480 e. The number of methoxy groups -OCH3 is 1. The average molecular weight is 204 g/mol. The lowest BCUT2D eigenvalue weighted by molar-refractivity contribution is -0.141. The molecule has 0 aliphatic carbocycles. The van der Waals surface area contributed by atoms with Crippen LogP contribution in [0.3, 0.4) is 0 Å². The molecule has 0 aliphatic rings. The number of carboxylic acid groups (broad SMARTS) is 1. The Labute approximate surface area is 82.8 Å². The van der Waals surface area contributed by atoms with Crippen LogP contribution in [0.25, 0.3) is 0 Å². The van der Waals surface area contributed by atoms with Gasteiger partial charge in [0.2, 0.25) is 0 Å². The minimum Gasteiger partial charge on any atom is -0.480 e. The minimum absolute atomic E-state index is 0.367. The fourth-order valence-corrected chi connectivity index (χ4v) is 0.726. The van der Waals surface area contributed by atoms with Crippen LogP contribution in [0.1, 0.15) is 6.92 Å². The molecule has 0 saturated heterocycles.